The van der Waals surface area contributed by atoms with Crippen molar-refractivity contribution in [3.8, 4) is 0 Å². The number of benzene rings is 1. The van der Waals surface area contributed by atoms with Crippen LogP contribution in [0.2, 0.25) is 0 Å². The topological polar surface area (TPSA) is 41.5 Å². The summed E-state index contributed by atoms with van der Waals surface area (Å²) in [6.07, 6.45) is 6.36. The molecule has 0 saturated heterocycles. The van der Waals surface area contributed by atoms with Gasteiger partial charge in [0, 0.05) is 0 Å². The standard InChI is InChI=1S/C18H31NO2/c1-4-5-6-8-11-16(2)21-15-18(14-20,19-3)17-12-9-7-10-13-17/h7,9-10,12-13,16,19-20H,4-6,8,11,14-15H2,1-3H3. The maximum absolute atomic E-state index is 9.85. The molecule has 2 atom stereocenters. The number of aliphatic hydroxyl groups is 1. The zero-order valence-electron chi connectivity index (χ0n) is 13.8. The Balaban J connectivity index is 2.51. The Morgan fingerprint density at radius 1 is 1.19 bits per heavy atom. The number of nitrogens with one attached hydrogen (secondary N) is 1. The molecule has 2 N–H and O–H groups in total. The van der Waals surface area contributed by atoms with Crippen LogP contribution in [0, 0.1) is 0 Å². The minimum Gasteiger partial charge on any atom is -0.394 e. The summed E-state index contributed by atoms with van der Waals surface area (Å²) in [7, 11) is 1.87. The van der Waals surface area contributed by atoms with Gasteiger partial charge in [0.2, 0.25) is 0 Å². The van der Waals surface area contributed by atoms with Gasteiger partial charge in [0.1, 0.15) is 0 Å². The lowest BCUT2D eigenvalue weighted by molar-refractivity contribution is -0.00566. The second-order valence-corrected chi connectivity index (χ2v) is 5.83. The molecular weight excluding hydrogens is 262 g/mol. The Labute approximate surface area is 129 Å². The van der Waals surface area contributed by atoms with Gasteiger partial charge < -0.3 is 15.2 Å². The normalized spacial score (nSPS) is 15.6. The lowest BCUT2D eigenvalue weighted by Crippen LogP contribution is -2.48. The van der Waals surface area contributed by atoms with E-state index in [9.17, 15) is 5.11 Å². The predicted molar refractivity (Wildman–Crippen MR) is 88.4 cm³/mol. The van der Waals surface area contributed by atoms with Crippen molar-refractivity contribution in [3.05, 3.63) is 35.9 Å². The van der Waals surface area contributed by atoms with E-state index in [1.807, 2.05) is 37.4 Å². The number of hydrogen-bond acceptors (Lipinski definition) is 3. The summed E-state index contributed by atoms with van der Waals surface area (Å²) in [5, 5.41) is 13.1. The van der Waals surface area contributed by atoms with Gasteiger partial charge in [-0.2, -0.15) is 0 Å². The van der Waals surface area contributed by atoms with Crippen LogP contribution in [-0.2, 0) is 10.3 Å². The third-order valence-electron chi connectivity index (χ3n) is 4.15. The van der Waals surface area contributed by atoms with Gasteiger partial charge in [-0.15, -0.1) is 0 Å². The van der Waals surface area contributed by atoms with Gasteiger partial charge in [0.25, 0.3) is 0 Å². The maximum Gasteiger partial charge on any atom is 0.0903 e. The molecule has 0 heterocycles. The summed E-state index contributed by atoms with van der Waals surface area (Å²) < 4.78 is 6.00. The van der Waals surface area contributed by atoms with E-state index in [1.165, 1.54) is 25.7 Å². The van der Waals surface area contributed by atoms with Crippen LogP contribution in [0.5, 0.6) is 0 Å². The first kappa shape index (κ1) is 18.1. The first-order chi connectivity index (χ1) is 10.2. The molecule has 1 aromatic carbocycles. The molecule has 0 aliphatic rings. The smallest absolute Gasteiger partial charge is 0.0903 e. The van der Waals surface area contributed by atoms with E-state index in [2.05, 4.69) is 19.2 Å². The van der Waals surface area contributed by atoms with E-state index in [1.54, 1.807) is 0 Å². The van der Waals surface area contributed by atoms with Crippen molar-refractivity contribution in [2.45, 2.75) is 57.6 Å². The number of rotatable bonds is 11. The van der Waals surface area contributed by atoms with Crippen molar-refractivity contribution in [1.29, 1.82) is 0 Å². The molecule has 0 spiro atoms. The number of hydrogen-bond donors (Lipinski definition) is 2. The highest BCUT2D eigenvalue weighted by atomic mass is 16.5. The molecule has 120 valence electrons. The zero-order chi connectivity index (χ0) is 15.6. The lowest BCUT2D eigenvalue weighted by Gasteiger charge is -2.33. The third kappa shape index (κ3) is 5.77. The maximum atomic E-state index is 9.85. The molecule has 0 radical (unpaired) electrons. The number of unbranched alkanes of at least 4 members (excludes halogenated alkanes) is 3. The molecule has 2 unspecified atom stereocenters. The van der Waals surface area contributed by atoms with Crippen LogP contribution in [0.4, 0.5) is 0 Å². The summed E-state index contributed by atoms with van der Waals surface area (Å²) in [5.74, 6) is 0. The predicted octanol–water partition coefficient (Wildman–Crippen LogP) is 3.47. The van der Waals surface area contributed by atoms with Crippen molar-refractivity contribution >= 4 is 0 Å². The van der Waals surface area contributed by atoms with Crippen molar-refractivity contribution < 1.29 is 9.84 Å². The van der Waals surface area contributed by atoms with Crippen molar-refractivity contribution in [2.24, 2.45) is 0 Å². The molecule has 3 nitrogen and oxygen atoms in total. The summed E-state index contributed by atoms with van der Waals surface area (Å²) in [6, 6.07) is 10.0. The molecule has 0 bridgehead atoms. The Bertz CT molecular complexity index is 363. The van der Waals surface area contributed by atoms with E-state index in [-0.39, 0.29) is 12.7 Å². The monoisotopic (exact) mass is 293 g/mol. The average Bonchev–Trinajstić information content (AvgIpc) is 2.54. The van der Waals surface area contributed by atoms with E-state index in [4.69, 9.17) is 4.74 Å². The van der Waals surface area contributed by atoms with Crippen LogP contribution in [0.15, 0.2) is 30.3 Å². The average molecular weight is 293 g/mol. The van der Waals surface area contributed by atoms with Gasteiger partial charge in [-0.25, -0.2) is 0 Å². The number of aliphatic hydroxyl groups excluding tert-OH is 1. The molecule has 0 aliphatic heterocycles. The van der Waals surface area contributed by atoms with Crippen LogP contribution in [0.1, 0.15) is 51.5 Å². The van der Waals surface area contributed by atoms with E-state index < -0.39 is 5.54 Å². The largest absolute Gasteiger partial charge is 0.394 e. The molecular formula is C18H31NO2. The fourth-order valence-corrected chi connectivity index (χ4v) is 2.50. The molecule has 1 aromatic rings. The first-order valence-corrected chi connectivity index (χ1v) is 8.15. The molecule has 1 rings (SSSR count). The first-order valence-electron chi connectivity index (χ1n) is 8.15. The molecule has 21 heavy (non-hydrogen) atoms. The Morgan fingerprint density at radius 3 is 2.48 bits per heavy atom. The number of likely N-dealkylation sites (N-methyl/N-ethyl adjacent to an activating group) is 1. The molecule has 0 fully saturated rings. The van der Waals surface area contributed by atoms with E-state index >= 15 is 0 Å². The van der Waals surface area contributed by atoms with Gasteiger partial charge in [-0.1, -0.05) is 62.9 Å². The van der Waals surface area contributed by atoms with Gasteiger partial charge in [-0.05, 0) is 26.0 Å². The van der Waals surface area contributed by atoms with Gasteiger partial charge in [0.05, 0.1) is 24.9 Å². The van der Waals surface area contributed by atoms with E-state index in [0.717, 1.165) is 12.0 Å². The van der Waals surface area contributed by atoms with E-state index in [0.29, 0.717) is 6.61 Å². The Morgan fingerprint density at radius 2 is 1.90 bits per heavy atom. The van der Waals surface area contributed by atoms with Crippen LogP contribution in [0.3, 0.4) is 0 Å². The fourth-order valence-electron chi connectivity index (χ4n) is 2.50. The quantitative estimate of drug-likeness (QED) is 0.614. The Hall–Kier alpha value is -0.900. The minimum atomic E-state index is -0.515. The van der Waals surface area contributed by atoms with Crippen LogP contribution < -0.4 is 5.32 Å². The van der Waals surface area contributed by atoms with Crippen molar-refractivity contribution in [1.82, 2.24) is 5.32 Å². The molecule has 0 saturated carbocycles. The van der Waals surface area contributed by atoms with Crippen LogP contribution >= 0.6 is 0 Å². The molecule has 0 aromatic heterocycles. The zero-order valence-corrected chi connectivity index (χ0v) is 13.8. The van der Waals surface area contributed by atoms with Crippen LogP contribution in [0.25, 0.3) is 0 Å². The fraction of sp³-hybridized carbons (Fsp3) is 0.667. The number of ether oxygens (including phenoxy) is 1. The summed E-state index contributed by atoms with van der Waals surface area (Å²) >= 11 is 0. The minimum absolute atomic E-state index is 0.0239. The highest BCUT2D eigenvalue weighted by Crippen LogP contribution is 2.22. The lowest BCUT2D eigenvalue weighted by atomic mass is 9.91. The second-order valence-electron chi connectivity index (χ2n) is 5.83. The summed E-state index contributed by atoms with van der Waals surface area (Å²) in [4.78, 5) is 0. The van der Waals surface area contributed by atoms with Gasteiger partial charge in [-0.3, -0.25) is 0 Å². The highest BCUT2D eigenvalue weighted by molar-refractivity contribution is 5.24. The van der Waals surface area contributed by atoms with Crippen LogP contribution in [-0.4, -0.2) is 31.5 Å². The molecule has 3 heteroatoms. The van der Waals surface area contributed by atoms with Gasteiger partial charge >= 0.3 is 0 Å². The third-order valence-corrected chi connectivity index (χ3v) is 4.15. The SMILES string of the molecule is CCCCCCC(C)OCC(CO)(NC)c1ccccc1. The second kappa shape index (κ2) is 9.93. The van der Waals surface area contributed by atoms with Gasteiger partial charge in [0.15, 0.2) is 0 Å². The van der Waals surface area contributed by atoms with Crippen molar-refractivity contribution in [3.63, 3.8) is 0 Å². The highest BCUT2D eigenvalue weighted by Gasteiger charge is 2.30. The summed E-state index contributed by atoms with van der Waals surface area (Å²) in [5.41, 5.74) is 0.548. The Kier molecular flexibility index (Phi) is 8.58. The van der Waals surface area contributed by atoms with Crippen molar-refractivity contribution in [2.75, 3.05) is 20.3 Å². The molecule has 0 amide bonds. The summed E-state index contributed by atoms with van der Waals surface area (Å²) in [6.45, 7) is 4.85. The molecule has 0 aliphatic carbocycles.